The maximum atomic E-state index is 12.5. The summed E-state index contributed by atoms with van der Waals surface area (Å²) in [5, 5.41) is 6.46. The van der Waals surface area contributed by atoms with Gasteiger partial charge in [-0.1, -0.05) is 18.5 Å². The van der Waals surface area contributed by atoms with Crippen molar-refractivity contribution < 1.29 is 17.7 Å². The third-order valence-electron chi connectivity index (χ3n) is 3.89. The minimum Gasteiger partial charge on any atom is -0.343 e. The van der Waals surface area contributed by atoms with E-state index in [1.54, 1.807) is 13.8 Å². The SMILES string of the molecule is CCCCS(=O)(=O)N1CCCC1C(=O)NC(C)c1nc(C)no1. The lowest BCUT2D eigenvalue weighted by atomic mass is 10.2. The Morgan fingerprint density at radius 2 is 2.26 bits per heavy atom. The zero-order valence-corrected chi connectivity index (χ0v) is 14.6. The zero-order valence-electron chi connectivity index (χ0n) is 13.8. The van der Waals surface area contributed by atoms with Crippen LogP contribution in [-0.4, -0.2) is 47.1 Å². The van der Waals surface area contributed by atoms with Crippen molar-refractivity contribution in [2.24, 2.45) is 0 Å². The van der Waals surface area contributed by atoms with Gasteiger partial charge in [0.1, 0.15) is 12.1 Å². The lowest BCUT2D eigenvalue weighted by Crippen LogP contribution is -2.47. The fourth-order valence-corrected chi connectivity index (χ4v) is 4.52. The Balaban J connectivity index is 2.03. The van der Waals surface area contributed by atoms with Crippen LogP contribution in [0.2, 0.25) is 0 Å². The van der Waals surface area contributed by atoms with Crippen LogP contribution in [0.4, 0.5) is 0 Å². The summed E-state index contributed by atoms with van der Waals surface area (Å²) in [7, 11) is -3.39. The highest BCUT2D eigenvalue weighted by Crippen LogP contribution is 2.23. The number of aromatic nitrogens is 2. The molecular formula is C14H24N4O4S. The topological polar surface area (TPSA) is 105 Å². The third-order valence-corrected chi connectivity index (χ3v) is 5.85. The van der Waals surface area contributed by atoms with E-state index in [0.717, 1.165) is 6.42 Å². The molecule has 0 aliphatic carbocycles. The number of amides is 1. The minimum atomic E-state index is -3.39. The second-order valence-corrected chi connectivity index (χ2v) is 7.89. The van der Waals surface area contributed by atoms with Crippen LogP contribution in [0.3, 0.4) is 0 Å². The number of hydrogen-bond acceptors (Lipinski definition) is 6. The summed E-state index contributed by atoms with van der Waals surface area (Å²) in [6.07, 6.45) is 2.63. The molecule has 8 nitrogen and oxygen atoms in total. The van der Waals surface area contributed by atoms with Crippen molar-refractivity contribution in [3.8, 4) is 0 Å². The molecule has 0 radical (unpaired) electrons. The molecule has 1 aromatic rings. The van der Waals surface area contributed by atoms with Gasteiger partial charge in [0.15, 0.2) is 5.82 Å². The van der Waals surface area contributed by atoms with Crippen molar-refractivity contribution in [1.82, 2.24) is 19.8 Å². The van der Waals surface area contributed by atoms with Crippen molar-refractivity contribution in [1.29, 1.82) is 0 Å². The summed E-state index contributed by atoms with van der Waals surface area (Å²) in [6, 6.07) is -1.10. The van der Waals surface area contributed by atoms with Crippen LogP contribution >= 0.6 is 0 Å². The molecule has 0 aromatic carbocycles. The van der Waals surface area contributed by atoms with Gasteiger partial charge < -0.3 is 9.84 Å². The van der Waals surface area contributed by atoms with Gasteiger partial charge in [0.2, 0.25) is 21.8 Å². The Bertz CT molecular complexity index is 643. The van der Waals surface area contributed by atoms with Crippen molar-refractivity contribution in [3.63, 3.8) is 0 Å². The second-order valence-electron chi connectivity index (χ2n) is 5.85. The van der Waals surface area contributed by atoms with Crippen LogP contribution in [0.25, 0.3) is 0 Å². The Hall–Kier alpha value is -1.48. The molecule has 0 spiro atoms. The average molecular weight is 344 g/mol. The molecule has 130 valence electrons. The van der Waals surface area contributed by atoms with Gasteiger partial charge >= 0.3 is 0 Å². The number of aryl methyl sites for hydroxylation is 1. The number of unbranched alkanes of at least 4 members (excludes halogenated alkanes) is 1. The van der Waals surface area contributed by atoms with Gasteiger partial charge in [0, 0.05) is 6.54 Å². The molecule has 1 aliphatic rings. The first kappa shape index (κ1) is 17.9. The van der Waals surface area contributed by atoms with Gasteiger partial charge in [0.25, 0.3) is 0 Å². The van der Waals surface area contributed by atoms with Gasteiger partial charge in [-0.05, 0) is 33.1 Å². The quantitative estimate of drug-likeness (QED) is 0.795. The van der Waals surface area contributed by atoms with E-state index in [-0.39, 0.29) is 11.7 Å². The summed E-state index contributed by atoms with van der Waals surface area (Å²) in [6.45, 7) is 5.77. The first-order valence-corrected chi connectivity index (χ1v) is 9.56. The monoisotopic (exact) mass is 344 g/mol. The third kappa shape index (κ3) is 4.29. The average Bonchev–Trinajstić information content (AvgIpc) is 3.14. The van der Waals surface area contributed by atoms with Gasteiger partial charge in [-0.3, -0.25) is 4.79 Å². The largest absolute Gasteiger partial charge is 0.343 e. The standard InChI is InChI=1S/C14H24N4O4S/c1-4-5-9-23(20,21)18-8-6-7-12(18)13(19)15-10(2)14-16-11(3)17-22-14/h10,12H,4-9H2,1-3H3,(H,15,19). The molecule has 1 aliphatic heterocycles. The Kier molecular flexibility index (Phi) is 5.74. The van der Waals surface area contributed by atoms with Crippen LogP contribution in [0.15, 0.2) is 4.52 Å². The summed E-state index contributed by atoms with van der Waals surface area (Å²) in [5.74, 6) is 0.581. The van der Waals surface area contributed by atoms with E-state index >= 15 is 0 Å². The van der Waals surface area contributed by atoms with Crippen molar-refractivity contribution in [3.05, 3.63) is 11.7 Å². The molecule has 2 unspecified atom stereocenters. The number of nitrogens with zero attached hydrogens (tertiary/aromatic N) is 3. The van der Waals surface area contributed by atoms with E-state index in [4.69, 9.17) is 4.52 Å². The van der Waals surface area contributed by atoms with Crippen LogP contribution in [0, 0.1) is 6.92 Å². The van der Waals surface area contributed by atoms with Crippen molar-refractivity contribution in [2.75, 3.05) is 12.3 Å². The van der Waals surface area contributed by atoms with Gasteiger partial charge in [0.05, 0.1) is 5.75 Å². The Labute approximate surface area is 136 Å². The van der Waals surface area contributed by atoms with Crippen molar-refractivity contribution in [2.45, 2.75) is 58.5 Å². The molecule has 2 atom stereocenters. The van der Waals surface area contributed by atoms with E-state index in [9.17, 15) is 13.2 Å². The molecule has 23 heavy (non-hydrogen) atoms. The lowest BCUT2D eigenvalue weighted by molar-refractivity contribution is -0.125. The predicted octanol–water partition coefficient (Wildman–Crippen LogP) is 1.15. The van der Waals surface area contributed by atoms with Crippen LogP contribution in [0.5, 0.6) is 0 Å². The summed E-state index contributed by atoms with van der Waals surface area (Å²) in [5.41, 5.74) is 0. The van der Waals surface area contributed by atoms with Crippen LogP contribution < -0.4 is 5.32 Å². The Morgan fingerprint density at radius 3 is 2.87 bits per heavy atom. The smallest absolute Gasteiger partial charge is 0.248 e. The summed E-state index contributed by atoms with van der Waals surface area (Å²) < 4.78 is 31.1. The van der Waals surface area contributed by atoms with Crippen molar-refractivity contribution >= 4 is 15.9 Å². The molecule has 1 fully saturated rings. The number of nitrogens with one attached hydrogen (secondary N) is 1. The maximum absolute atomic E-state index is 12.5. The fourth-order valence-electron chi connectivity index (χ4n) is 2.64. The van der Waals surface area contributed by atoms with Gasteiger partial charge in [-0.25, -0.2) is 8.42 Å². The number of sulfonamides is 1. The molecule has 1 saturated heterocycles. The summed E-state index contributed by atoms with van der Waals surface area (Å²) in [4.78, 5) is 16.5. The molecule has 9 heteroatoms. The summed E-state index contributed by atoms with van der Waals surface area (Å²) >= 11 is 0. The number of hydrogen-bond donors (Lipinski definition) is 1. The Morgan fingerprint density at radius 1 is 1.52 bits per heavy atom. The van der Waals surface area contributed by atoms with E-state index < -0.39 is 22.1 Å². The lowest BCUT2D eigenvalue weighted by Gasteiger charge is -2.24. The fraction of sp³-hybridized carbons (Fsp3) is 0.786. The van der Waals surface area contributed by atoms with E-state index in [1.165, 1.54) is 4.31 Å². The molecule has 1 amide bonds. The first-order valence-electron chi connectivity index (χ1n) is 7.95. The molecule has 1 aromatic heterocycles. The highest BCUT2D eigenvalue weighted by atomic mass is 32.2. The minimum absolute atomic E-state index is 0.0890. The van der Waals surface area contributed by atoms with Gasteiger partial charge in [-0.15, -0.1) is 0 Å². The predicted molar refractivity (Wildman–Crippen MR) is 84.0 cm³/mol. The van der Waals surface area contributed by atoms with Gasteiger partial charge in [-0.2, -0.15) is 9.29 Å². The highest BCUT2D eigenvalue weighted by molar-refractivity contribution is 7.89. The zero-order chi connectivity index (χ0) is 17.0. The normalized spacial score (nSPS) is 20.6. The molecule has 1 N–H and O–H groups in total. The number of carbonyl (C=O) groups excluding carboxylic acids is 1. The number of carbonyl (C=O) groups is 1. The van der Waals surface area contributed by atoms with Crippen LogP contribution in [0.1, 0.15) is 57.3 Å². The van der Waals surface area contributed by atoms with E-state index in [1.807, 2.05) is 6.92 Å². The molecule has 0 saturated carbocycles. The number of rotatable bonds is 7. The highest BCUT2D eigenvalue weighted by Gasteiger charge is 2.38. The maximum Gasteiger partial charge on any atom is 0.248 e. The molecule has 2 heterocycles. The second kappa shape index (κ2) is 7.39. The molecule has 0 bridgehead atoms. The van der Waals surface area contributed by atoms with E-state index in [0.29, 0.717) is 37.5 Å². The molecule has 2 rings (SSSR count). The van der Waals surface area contributed by atoms with E-state index in [2.05, 4.69) is 15.5 Å². The first-order chi connectivity index (χ1) is 10.8. The van der Waals surface area contributed by atoms with Crippen LogP contribution in [-0.2, 0) is 14.8 Å². The molecular weight excluding hydrogens is 320 g/mol.